The van der Waals surface area contributed by atoms with E-state index in [1.165, 1.54) is 15.6 Å². The molecule has 1 heterocycles. The Labute approximate surface area is 104 Å². The Morgan fingerprint density at radius 2 is 2.12 bits per heavy atom. The highest BCUT2D eigenvalue weighted by Crippen LogP contribution is 2.18. The molecule has 84 valence electrons. The van der Waals surface area contributed by atoms with Gasteiger partial charge in [0.1, 0.15) is 0 Å². The van der Waals surface area contributed by atoms with Crippen molar-refractivity contribution < 1.29 is 0 Å². The number of benzene rings is 1. The quantitative estimate of drug-likeness (QED) is 0.865. The Balaban J connectivity index is 2.02. The van der Waals surface area contributed by atoms with Gasteiger partial charge >= 0.3 is 0 Å². The maximum atomic E-state index is 4.07. The normalized spacial score (nSPS) is 10.7. The van der Waals surface area contributed by atoms with E-state index in [9.17, 15) is 0 Å². The largest absolute Gasteiger partial charge is 0.255 e. The lowest BCUT2D eigenvalue weighted by atomic mass is 10.1. The average Bonchev–Trinajstić information content (AvgIpc) is 2.66. The van der Waals surface area contributed by atoms with Gasteiger partial charge in [0, 0.05) is 17.7 Å². The van der Waals surface area contributed by atoms with Crippen LogP contribution < -0.4 is 0 Å². The van der Waals surface area contributed by atoms with Crippen LogP contribution in [-0.4, -0.2) is 15.0 Å². The number of aromatic nitrogens is 3. The molecule has 1 aromatic carbocycles. The second-order valence-electron chi connectivity index (χ2n) is 3.97. The highest BCUT2D eigenvalue weighted by molar-refractivity contribution is 9.10. The monoisotopic (exact) mass is 279 g/mol. The van der Waals surface area contributed by atoms with E-state index in [2.05, 4.69) is 51.4 Å². The minimum atomic E-state index is 0.934. The predicted octanol–water partition coefficient (Wildman–Crippen LogP) is 2.67. The lowest BCUT2D eigenvalue weighted by Crippen LogP contribution is -1.92. The molecule has 0 N–H and O–H groups in total. The van der Waals surface area contributed by atoms with Crippen molar-refractivity contribution >= 4 is 15.9 Å². The van der Waals surface area contributed by atoms with Crippen molar-refractivity contribution in [1.29, 1.82) is 0 Å². The third-order valence-electron chi connectivity index (χ3n) is 2.56. The van der Waals surface area contributed by atoms with E-state index in [1.807, 2.05) is 13.2 Å². The van der Waals surface area contributed by atoms with Gasteiger partial charge in [-0.25, -0.2) is 0 Å². The second kappa shape index (κ2) is 4.78. The zero-order valence-corrected chi connectivity index (χ0v) is 11.0. The number of aryl methyl sites for hydroxylation is 4. The summed E-state index contributed by atoms with van der Waals surface area (Å²) in [5.41, 5.74) is 3.63. The molecule has 0 fully saturated rings. The van der Waals surface area contributed by atoms with Crippen LogP contribution in [0.2, 0.25) is 0 Å². The SMILES string of the molecule is Cc1ccc(CCc2cn(C)nn2)cc1Br. The molecule has 0 aliphatic rings. The Morgan fingerprint density at radius 1 is 1.31 bits per heavy atom. The highest BCUT2D eigenvalue weighted by Gasteiger charge is 2.01. The van der Waals surface area contributed by atoms with Crippen LogP contribution in [0.3, 0.4) is 0 Å². The van der Waals surface area contributed by atoms with Crippen LogP contribution in [0.25, 0.3) is 0 Å². The first-order valence-corrected chi connectivity index (χ1v) is 6.04. The summed E-state index contributed by atoms with van der Waals surface area (Å²) in [4.78, 5) is 0. The molecule has 0 unspecified atom stereocenters. The molecule has 16 heavy (non-hydrogen) atoms. The van der Waals surface area contributed by atoms with Crippen LogP contribution in [-0.2, 0) is 19.9 Å². The van der Waals surface area contributed by atoms with Gasteiger partial charge < -0.3 is 0 Å². The Morgan fingerprint density at radius 3 is 2.75 bits per heavy atom. The fraction of sp³-hybridized carbons (Fsp3) is 0.333. The third-order valence-corrected chi connectivity index (χ3v) is 3.41. The van der Waals surface area contributed by atoms with E-state index in [0.717, 1.165) is 18.5 Å². The lowest BCUT2D eigenvalue weighted by Gasteiger charge is -2.02. The zero-order chi connectivity index (χ0) is 11.5. The van der Waals surface area contributed by atoms with E-state index in [1.54, 1.807) is 4.68 Å². The average molecular weight is 280 g/mol. The molecule has 1 aromatic heterocycles. The van der Waals surface area contributed by atoms with Crippen molar-refractivity contribution in [3.05, 3.63) is 45.7 Å². The van der Waals surface area contributed by atoms with Crippen LogP contribution in [0.5, 0.6) is 0 Å². The van der Waals surface area contributed by atoms with Gasteiger partial charge in [0.05, 0.1) is 5.69 Å². The van der Waals surface area contributed by atoms with Crippen LogP contribution in [0.1, 0.15) is 16.8 Å². The maximum absolute atomic E-state index is 4.07. The van der Waals surface area contributed by atoms with Crippen LogP contribution >= 0.6 is 15.9 Å². The molecule has 3 nitrogen and oxygen atoms in total. The summed E-state index contributed by atoms with van der Waals surface area (Å²) in [6.07, 6.45) is 3.89. The summed E-state index contributed by atoms with van der Waals surface area (Å²) in [5, 5.41) is 7.99. The van der Waals surface area contributed by atoms with Crippen LogP contribution in [0.4, 0.5) is 0 Å². The summed E-state index contributed by atoms with van der Waals surface area (Å²) in [7, 11) is 1.89. The molecule has 0 saturated heterocycles. The van der Waals surface area contributed by atoms with E-state index in [0.29, 0.717) is 0 Å². The second-order valence-corrected chi connectivity index (χ2v) is 4.82. The Kier molecular flexibility index (Phi) is 3.39. The molecule has 2 aromatic rings. The summed E-state index contributed by atoms with van der Waals surface area (Å²) in [6.45, 7) is 2.09. The molecule has 0 spiro atoms. The Bertz CT molecular complexity index is 491. The first-order valence-electron chi connectivity index (χ1n) is 5.25. The predicted molar refractivity (Wildman–Crippen MR) is 67.3 cm³/mol. The van der Waals surface area contributed by atoms with E-state index in [-0.39, 0.29) is 0 Å². The molecule has 2 rings (SSSR count). The molecule has 0 atom stereocenters. The third kappa shape index (κ3) is 2.70. The number of hydrogen-bond acceptors (Lipinski definition) is 2. The summed E-state index contributed by atoms with van der Waals surface area (Å²) in [5.74, 6) is 0. The van der Waals surface area contributed by atoms with Gasteiger partial charge in [-0.3, -0.25) is 4.68 Å². The van der Waals surface area contributed by atoms with Crippen molar-refractivity contribution in [3.8, 4) is 0 Å². The molecule has 0 saturated carbocycles. The van der Waals surface area contributed by atoms with E-state index in [4.69, 9.17) is 0 Å². The van der Waals surface area contributed by atoms with Crippen molar-refractivity contribution in [2.45, 2.75) is 19.8 Å². The topological polar surface area (TPSA) is 30.7 Å². The number of hydrogen-bond donors (Lipinski definition) is 0. The van der Waals surface area contributed by atoms with Gasteiger partial charge in [0.25, 0.3) is 0 Å². The fourth-order valence-corrected chi connectivity index (χ4v) is 2.00. The summed E-state index contributed by atoms with van der Waals surface area (Å²) < 4.78 is 2.91. The molecule has 0 radical (unpaired) electrons. The van der Waals surface area contributed by atoms with Gasteiger partial charge in [-0.15, -0.1) is 5.10 Å². The smallest absolute Gasteiger partial charge is 0.0830 e. The number of nitrogens with zero attached hydrogens (tertiary/aromatic N) is 3. The summed E-state index contributed by atoms with van der Waals surface area (Å²) >= 11 is 3.54. The maximum Gasteiger partial charge on any atom is 0.0830 e. The molecule has 0 bridgehead atoms. The first kappa shape index (κ1) is 11.3. The number of halogens is 1. The van der Waals surface area contributed by atoms with Crippen molar-refractivity contribution in [2.75, 3.05) is 0 Å². The van der Waals surface area contributed by atoms with Crippen molar-refractivity contribution in [3.63, 3.8) is 0 Å². The highest BCUT2D eigenvalue weighted by atomic mass is 79.9. The van der Waals surface area contributed by atoms with Crippen molar-refractivity contribution in [2.24, 2.45) is 7.05 Å². The Hall–Kier alpha value is -1.16. The van der Waals surface area contributed by atoms with Gasteiger partial charge in [-0.2, -0.15) is 0 Å². The summed E-state index contributed by atoms with van der Waals surface area (Å²) in [6, 6.07) is 6.47. The van der Waals surface area contributed by atoms with E-state index >= 15 is 0 Å². The molecular formula is C12H14BrN3. The van der Waals surface area contributed by atoms with E-state index < -0.39 is 0 Å². The number of rotatable bonds is 3. The minimum Gasteiger partial charge on any atom is -0.255 e. The molecule has 0 aliphatic heterocycles. The van der Waals surface area contributed by atoms with Gasteiger partial charge in [-0.05, 0) is 37.0 Å². The molecule has 0 amide bonds. The standard InChI is InChI=1S/C12H14BrN3/c1-9-3-4-10(7-12(9)13)5-6-11-8-16(2)15-14-11/h3-4,7-8H,5-6H2,1-2H3. The fourth-order valence-electron chi connectivity index (χ4n) is 1.57. The minimum absolute atomic E-state index is 0.934. The first-order chi connectivity index (χ1) is 7.65. The molecular weight excluding hydrogens is 266 g/mol. The molecule has 0 aliphatic carbocycles. The van der Waals surface area contributed by atoms with Crippen molar-refractivity contribution in [1.82, 2.24) is 15.0 Å². The molecule has 4 heteroatoms. The van der Waals surface area contributed by atoms with Gasteiger partial charge in [-0.1, -0.05) is 33.3 Å². The zero-order valence-electron chi connectivity index (χ0n) is 9.44. The van der Waals surface area contributed by atoms with Gasteiger partial charge in [0.2, 0.25) is 0 Å². The van der Waals surface area contributed by atoms with Crippen LogP contribution in [0, 0.1) is 6.92 Å². The van der Waals surface area contributed by atoms with Crippen LogP contribution in [0.15, 0.2) is 28.9 Å². The lowest BCUT2D eigenvalue weighted by molar-refractivity contribution is 0.713. The van der Waals surface area contributed by atoms with Gasteiger partial charge in [0.15, 0.2) is 0 Å².